The lowest BCUT2D eigenvalue weighted by Gasteiger charge is -2.00. The molecule has 0 saturated heterocycles. The lowest BCUT2D eigenvalue weighted by atomic mass is 10.3. The van der Waals surface area contributed by atoms with Crippen molar-refractivity contribution in [3.8, 4) is 0 Å². The molecule has 2 nitrogen and oxygen atoms in total. The van der Waals surface area contributed by atoms with Gasteiger partial charge in [0.25, 0.3) is 0 Å². The van der Waals surface area contributed by atoms with Crippen molar-refractivity contribution in [3.05, 3.63) is 33.5 Å². The lowest BCUT2D eigenvalue weighted by molar-refractivity contribution is 1.13. The molecule has 0 spiro atoms. The minimum absolute atomic E-state index is 0.878. The van der Waals surface area contributed by atoms with Crippen LogP contribution in [0.25, 0.3) is 0 Å². The summed E-state index contributed by atoms with van der Waals surface area (Å²) in [6, 6.07) is 2.15. The van der Waals surface area contributed by atoms with Gasteiger partial charge in [-0.1, -0.05) is 0 Å². The molecule has 0 aliphatic heterocycles. The molecule has 0 saturated carbocycles. The Balaban J connectivity index is 1.97. The van der Waals surface area contributed by atoms with Gasteiger partial charge in [-0.15, -0.1) is 22.7 Å². The Labute approximate surface area is 85.3 Å². The molecular formula is C9H10N2S2. The zero-order valence-corrected chi connectivity index (χ0v) is 8.91. The molecule has 2 aromatic rings. The highest BCUT2D eigenvalue weighted by atomic mass is 32.1. The number of anilines is 1. The standard InChI is InChI=1S/C9H10N2S2/c1-7-8(2-4-12-7)6-11-9-10-3-5-13-9/h2-5H,6H2,1H3,(H,10,11). The molecule has 1 N–H and O–H groups in total. The molecule has 13 heavy (non-hydrogen) atoms. The largest absolute Gasteiger partial charge is 0.357 e. The van der Waals surface area contributed by atoms with Gasteiger partial charge in [0.15, 0.2) is 5.13 Å². The summed E-state index contributed by atoms with van der Waals surface area (Å²) in [4.78, 5) is 5.53. The fourth-order valence-corrected chi connectivity index (χ4v) is 2.33. The Kier molecular flexibility index (Phi) is 2.61. The summed E-state index contributed by atoms with van der Waals surface area (Å²) in [6.07, 6.45) is 1.81. The summed E-state index contributed by atoms with van der Waals surface area (Å²) in [5.74, 6) is 0. The van der Waals surface area contributed by atoms with Gasteiger partial charge in [-0.3, -0.25) is 0 Å². The molecule has 0 amide bonds. The van der Waals surface area contributed by atoms with Gasteiger partial charge in [-0.25, -0.2) is 4.98 Å². The van der Waals surface area contributed by atoms with E-state index in [0.717, 1.165) is 11.7 Å². The average molecular weight is 210 g/mol. The highest BCUT2D eigenvalue weighted by Gasteiger charge is 1.99. The van der Waals surface area contributed by atoms with E-state index >= 15 is 0 Å². The van der Waals surface area contributed by atoms with E-state index in [1.807, 2.05) is 11.6 Å². The molecule has 2 rings (SSSR count). The molecule has 68 valence electrons. The number of aryl methyl sites for hydroxylation is 1. The first-order chi connectivity index (χ1) is 6.36. The summed E-state index contributed by atoms with van der Waals surface area (Å²) in [5, 5.41) is 8.37. The van der Waals surface area contributed by atoms with Gasteiger partial charge in [-0.05, 0) is 23.9 Å². The molecule has 0 aliphatic rings. The van der Waals surface area contributed by atoms with Crippen molar-refractivity contribution in [3.63, 3.8) is 0 Å². The van der Waals surface area contributed by atoms with E-state index < -0.39 is 0 Å². The van der Waals surface area contributed by atoms with E-state index in [1.54, 1.807) is 22.7 Å². The van der Waals surface area contributed by atoms with Crippen LogP contribution in [0.3, 0.4) is 0 Å². The highest BCUT2D eigenvalue weighted by Crippen LogP contribution is 2.17. The van der Waals surface area contributed by atoms with Crippen LogP contribution in [0.5, 0.6) is 0 Å². The maximum atomic E-state index is 4.16. The van der Waals surface area contributed by atoms with E-state index in [0.29, 0.717) is 0 Å². The first-order valence-corrected chi connectivity index (χ1v) is 5.78. The zero-order valence-electron chi connectivity index (χ0n) is 7.28. The number of thiophene rings is 1. The molecule has 0 fully saturated rings. The molecule has 2 heterocycles. The molecule has 4 heteroatoms. The Morgan fingerprint density at radius 1 is 1.38 bits per heavy atom. The Hall–Kier alpha value is -0.870. The van der Waals surface area contributed by atoms with Gasteiger partial charge in [0.1, 0.15) is 0 Å². The van der Waals surface area contributed by atoms with E-state index in [1.165, 1.54) is 10.4 Å². The van der Waals surface area contributed by atoms with E-state index in [4.69, 9.17) is 0 Å². The highest BCUT2D eigenvalue weighted by molar-refractivity contribution is 7.13. The Morgan fingerprint density at radius 3 is 2.92 bits per heavy atom. The van der Waals surface area contributed by atoms with Crippen molar-refractivity contribution in [2.24, 2.45) is 0 Å². The number of aromatic nitrogens is 1. The minimum Gasteiger partial charge on any atom is -0.357 e. The van der Waals surface area contributed by atoms with Gasteiger partial charge >= 0.3 is 0 Å². The fraction of sp³-hybridized carbons (Fsp3) is 0.222. The van der Waals surface area contributed by atoms with Crippen LogP contribution in [-0.2, 0) is 6.54 Å². The molecule has 0 atom stereocenters. The summed E-state index contributed by atoms with van der Waals surface area (Å²) in [7, 11) is 0. The number of nitrogens with zero attached hydrogens (tertiary/aromatic N) is 1. The first kappa shape index (κ1) is 8.72. The van der Waals surface area contributed by atoms with Crippen molar-refractivity contribution in [1.82, 2.24) is 4.98 Å². The third-order valence-electron chi connectivity index (χ3n) is 1.83. The summed E-state index contributed by atoms with van der Waals surface area (Å²) in [5.41, 5.74) is 1.36. The number of hydrogen-bond donors (Lipinski definition) is 1. The smallest absolute Gasteiger partial charge is 0.182 e. The number of thiazole rings is 1. The summed E-state index contributed by atoms with van der Waals surface area (Å²) >= 11 is 3.42. The third-order valence-corrected chi connectivity index (χ3v) is 3.45. The lowest BCUT2D eigenvalue weighted by Crippen LogP contribution is -1.98. The molecule has 0 radical (unpaired) electrons. The SMILES string of the molecule is Cc1sccc1CNc1nccs1. The second-order valence-corrected chi connectivity index (χ2v) is 4.71. The topological polar surface area (TPSA) is 24.9 Å². The molecule has 0 aliphatic carbocycles. The minimum atomic E-state index is 0.878. The molecule has 0 aromatic carbocycles. The predicted octanol–water partition coefficient (Wildman–Crippen LogP) is 3.13. The van der Waals surface area contributed by atoms with Crippen LogP contribution in [0.1, 0.15) is 10.4 Å². The second-order valence-electron chi connectivity index (χ2n) is 2.69. The number of hydrogen-bond acceptors (Lipinski definition) is 4. The summed E-state index contributed by atoms with van der Waals surface area (Å²) < 4.78 is 0. The molecule has 0 bridgehead atoms. The van der Waals surface area contributed by atoms with Crippen molar-refractivity contribution in [1.29, 1.82) is 0 Å². The van der Waals surface area contributed by atoms with Crippen molar-refractivity contribution in [2.45, 2.75) is 13.5 Å². The quantitative estimate of drug-likeness (QED) is 0.842. The van der Waals surface area contributed by atoms with Crippen molar-refractivity contribution < 1.29 is 0 Å². The molecular weight excluding hydrogens is 200 g/mol. The van der Waals surface area contributed by atoms with E-state index in [-0.39, 0.29) is 0 Å². The van der Waals surface area contributed by atoms with Gasteiger partial charge in [0.2, 0.25) is 0 Å². The third kappa shape index (κ3) is 2.08. The Bertz CT molecular complexity index is 365. The van der Waals surface area contributed by atoms with Crippen LogP contribution in [0.4, 0.5) is 5.13 Å². The second kappa shape index (κ2) is 3.89. The van der Waals surface area contributed by atoms with Crippen LogP contribution in [0.15, 0.2) is 23.0 Å². The van der Waals surface area contributed by atoms with Gasteiger partial charge in [-0.2, -0.15) is 0 Å². The first-order valence-electron chi connectivity index (χ1n) is 4.02. The zero-order chi connectivity index (χ0) is 9.10. The van der Waals surface area contributed by atoms with Crippen LogP contribution in [-0.4, -0.2) is 4.98 Å². The van der Waals surface area contributed by atoms with Gasteiger partial charge in [0.05, 0.1) is 0 Å². The molecule has 2 aromatic heterocycles. The van der Waals surface area contributed by atoms with Crippen LogP contribution in [0, 0.1) is 6.92 Å². The van der Waals surface area contributed by atoms with Crippen molar-refractivity contribution >= 4 is 27.8 Å². The van der Waals surface area contributed by atoms with Crippen LogP contribution < -0.4 is 5.32 Å². The van der Waals surface area contributed by atoms with Gasteiger partial charge in [0, 0.05) is 23.0 Å². The Morgan fingerprint density at radius 2 is 2.31 bits per heavy atom. The van der Waals surface area contributed by atoms with E-state index in [2.05, 4.69) is 28.7 Å². The fourth-order valence-electron chi connectivity index (χ4n) is 1.08. The maximum Gasteiger partial charge on any atom is 0.182 e. The number of rotatable bonds is 3. The average Bonchev–Trinajstić information content (AvgIpc) is 2.72. The van der Waals surface area contributed by atoms with Crippen molar-refractivity contribution in [2.75, 3.05) is 5.32 Å². The summed E-state index contributed by atoms with van der Waals surface area (Å²) in [6.45, 7) is 3.02. The van der Waals surface area contributed by atoms with Crippen LogP contribution >= 0.6 is 22.7 Å². The van der Waals surface area contributed by atoms with Crippen LogP contribution in [0.2, 0.25) is 0 Å². The normalized spacial score (nSPS) is 10.2. The van der Waals surface area contributed by atoms with Gasteiger partial charge < -0.3 is 5.32 Å². The predicted molar refractivity (Wildman–Crippen MR) is 58.5 cm³/mol. The number of nitrogens with one attached hydrogen (secondary N) is 1. The maximum absolute atomic E-state index is 4.16. The molecule has 0 unspecified atom stereocenters. The van der Waals surface area contributed by atoms with E-state index in [9.17, 15) is 0 Å². The monoisotopic (exact) mass is 210 g/mol.